The molecule has 0 saturated carbocycles. The van der Waals surface area contributed by atoms with Crippen LogP contribution in [-0.4, -0.2) is 11.0 Å². The predicted octanol–water partition coefficient (Wildman–Crippen LogP) is 6.97. The van der Waals surface area contributed by atoms with Crippen LogP contribution >= 0.6 is 11.6 Å². The summed E-state index contributed by atoms with van der Waals surface area (Å²) in [4.78, 5) is 13.3. The van der Waals surface area contributed by atoms with Crippen molar-refractivity contribution in [2.75, 3.05) is 5.32 Å². The lowest BCUT2D eigenvalue weighted by atomic mass is 9.85. The molecule has 2 N–H and O–H groups in total. The summed E-state index contributed by atoms with van der Waals surface area (Å²) in [5.74, 6) is -0.689. The number of benzene rings is 4. The van der Waals surface area contributed by atoms with E-state index in [-0.39, 0.29) is 17.0 Å². The van der Waals surface area contributed by atoms with Crippen molar-refractivity contribution in [3.05, 3.63) is 124 Å². The molecule has 0 bridgehead atoms. The van der Waals surface area contributed by atoms with Gasteiger partial charge in [0.15, 0.2) is 5.60 Å². The quantitative estimate of drug-likeness (QED) is 0.288. The molecule has 0 heterocycles. The van der Waals surface area contributed by atoms with Crippen molar-refractivity contribution in [2.24, 2.45) is 0 Å². The van der Waals surface area contributed by atoms with Crippen LogP contribution in [0.25, 0.3) is 11.1 Å². The highest BCUT2D eigenvalue weighted by Gasteiger charge is 2.38. The number of alkyl halides is 3. The first-order valence-electron chi connectivity index (χ1n) is 11.2. The molecule has 37 heavy (non-hydrogen) atoms. The van der Waals surface area contributed by atoms with Gasteiger partial charge in [0.1, 0.15) is 6.07 Å². The summed E-state index contributed by atoms with van der Waals surface area (Å²) in [6, 6.07) is 26.6. The first kappa shape index (κ1) is 26.0. The Balaban J connectivity index is 1.59. The topological polar surface area (TPSA) is 73.1 Å². The molecule has 0 fully saturated rings. The molecule has 8 heteroatoms. The number of carbonyl (C=O) groups is 1. The number of anilines is 1. The van der Waals surface area contributed by atoms with Gasteiger partial charge >= 0.3 is 6.18 Å². The summed E-state index contributed by atoms with van der Waals surface area (Å²) in [7, 11) is 0. The van der Waals surface area contributed by atoms with Crippen LogP contribution in [0.2, 0.25) is 5.02 Å². The normalized spacial score (nSPS) is 12.9. The molecule has 186 valence electrons. The lowest BCUT2D eigenvalue weighted by molar-refractivity contribution is -0.137. The summed E-state index contributed by atoms with van der Waals surface area (Å²) < 4.78 is 38.6. The zero-order valence-electron chi connectivity index (χ0n) is 19.3. The van der Waals surface area contributed by atoms with Gasteiger partial charge in [-0.15, -0.1) is 0 Å². The second kappa shape index (κ2) is 10.5. The lowest BCUT2D eigenvalue weighted by Crippen LogP contribution is -2.42. The Labute approximate surface area is 216 Å². The standard InChI is InChI=1S/C29H20ClF3N2O2/c30-26-16-25(15-12-22(26)18-34)35-27(36)28(37,23-4-2-1-3-5-23)17-19-6-8-20(9-7-19)21-10-13-24(14-11-21)29(31,32)33/h1-16,37H,17H2,(H,35,36). The molecule has 0 aliphatic carbocycles. The van der Waals surface area contributed by atoms with E-state index < -0.39 is 23.2 Å². The Kier molecular flexibility index (Phi) is 7.35. The van der Waals surface area contributed by atoms with Gasteiger partial charge in [-0.05, 0) is 52.6 Å². The summed E-state index contributed by atoms with van der Waals surface area (Å²) in [6.45, 7) is 0. The second-order valence-electron chi connectivity index (χ2n) is 8.44. The Morgan fingerprint density at radius 2 is 1.46 bits per heavy atom. The molecular formula is C29H20ClF3N2O2. The summed E-state index contributed by atoms with van der Waals surface area (Å²) >= 11 is 6.08. The van der Waals surface area contributed by atoms with Gasteiger partial charge in [-0.3, -0.25) is 4.79 Å². The summed E-state index contributed by atoms with van der Waals surface area (Å²) in [6.07, 6.45) is -4.48. The lowest BCUT2D eigenvalue weighted by Gasteiger charge is -2.28. The Bertz CT molecular complexity index is 1450. The first-order valence-corrected chi connectivity index (χ1v) is 11.5. The second-order valence-corrected chi connectivity index (χ2v) is 8.84. The zero-order valence-corrected chi connectivity index (χ0v) is 20.0. The van der Waals surface area contributed by atoms with E-state index in [1.54, 1.807) is 54.6 Å². The fourth-order valence-electron chi connectivity index (χ4n) is 3.91. The Morgan fingerprint density at radius 1 is 0.865 bits per heavy atom. The van der Waals surface area contributed by atoms with E-state index in [1.807, 2.05) is 6.07 Å². The highest BCUT2D eigenvalue weighted by molar-refractivity contribution is 6.32. The molecule has 4 aromatic carbocycles. The van der Waals surface area contributed by atoms with Crippen LogP contribution in [0.15, 0.2) is 97.1 Å². The van der Waals surface area contributed by atoms with Crippen molar-refractivity contribution >= 4 is 23.2 Å². The Morgan fingerprint density at radius 3 is 2.00 bits per heavy atom. The molecule has 0 spiro atoms. The van der Waals surface area contributed by atoms with E-state index in [9.17, 15) is 23.1 Å². The monoisotopic (exact) mass is 520 g/mol. The largest absolute Gasteiger partial charge is 0.416 e. The average Bonchev–Trinajstić information content (AvgIpc) is 2.89. The third-order valence-electron chi connectivity index (χ3n) is 5.93. The minimum Gasteiger partial charge on any atom is -0.375 e. The van der Waals surface area contributed by atoms with Crippen molar-refractivity contribution in [1.82, 2.24) is 0 Å². The van der Waals surface area contributed by atoms with Crippen LogP contribution < -0.4 is 5.32 Å². The molecule has 4 rings (SSSR count). The molecule has 4 nitrogen and oxygen atoms in total. The molecule has 0 saturated heterocycles. The number of rotatable bonds is 6. The third kappa shape index (κ3) is 5.83. The van der Waals surface area contributed by atoms with Gasteiger partial charge in [0.2, 0.25) is 0 Å². The number of amides is 1. The maximum atomic E-state index is 13.3. The van der Waals surface area contributed by atoms with Crippen LogP contribution in [0.4, 0.5) is 18.9 Å². The number of nitriles is 1. The molecule has 1 atom stereocenters. The number of aliphatic hydroxyl groups is 1. The van der Waals surface area contributed by atoms with E-state index in [1.165, 1.54) is 30.3 Å². The predicted molar refractivity (Wildman–Crippen MR) is 136 cm³/mol. The maximum Gasteiger partial charge on any atom is 0.416 e. The molecule has 0 aliphatic rings. The number of hydrogen-bond acceptors (Lipinski definition) is 3. The minimum atomic E-state index is -4.41. The summed E-state index contributed by atoms with van der Waals surface area (Å²) in [5, 5.41) is 23.5. The van der Waals surface area contributed by atoms with Gasteiger partial charge in [-0.25, -0.2) is 0 Å². The number of carbonyl (C=O) groups excluding carboxylic acids is 1. The smallest absolute Gasteiger partial charge is 0.375 e. The average molecular weight is 521 g/mol. The fraction of sp³-hybridized carbons (Fsp3) is 0.103. The third-order valence-corrected chi connectivity index (χ3v) is 6.25. The van der Waals surface area contributed by atoms with Crippen LogP contribution in [0, 0.1) is 11.3 Å². The van der Waals surface area contributed by atoms with Gasteiger partial charge in [0, 0.05) is 12.1 Å². The number of nitrogens with zero attached hydrogens (tertiary/aromatic N) is 1. The van der Waals surface area contributed by atoms with Crippen molar-refractivity contribution in [3.8, 4) is 17.2 Å². The highest BCUT2D eigenvalue weighted by atomic mass is 35.5. The van der Waals surface area contributed by atoms with Crippen LogP contribution in [-0.2, 0) is 23.0 Å². The van der Waals surface area contributed by atoms with Crippen molar-refractivity contribution in [1.29, 1.82) is 5.26 Å². The number of hydrogen-bond donors (Lipinski definition) is 2. The molecule has 1 unspecified atom stereocenters. The van der Waals surface area contributed by atoms with Gasteiger partial charge in [0.25, 0.3) is 5.91 Å². The van der Waals surface area contributed by atoms with Crippen LogP contribution in [0.3, 0.4) is 0 Å². The maximum absolute atomic E-state index is 13.3. The van der Waals surface area contributed by atoms with Crippen LogP contribution in [0.5, 0.6) is 0 Å². The van der Waals surface area contributed by atoms with E-state index in [0.717, 1.165) is 12.1 Å². The molecule has 0 radical (unpaired) electrons. The van der Waals surface area contributed by atoms with E-state index in [0.29, 0.717) is 27.9 Å². The fourth-order valence-corrected chi connectivity index (χ4v) is 4.13. The van der Waals surface area contributed by atoms with E-state index >= 15 is 0 Å². The zero-order chi connectivity index (χ0) is 26.6. The van der Waals surface area contributed by atoms with Gasteiger partial charge in [-0.1, -0.05) is 78.3 Å². The highest BCUT2D eigenvalue weighted by Crippen LogP contribution is 2.32. The molecule has 0 aromatic heterocycles. The van der Waals surface area contributed by atoms with Crippen molar-refractivity contribution in [3.63, 3.8) is 0 Å². The SMILES string of the molecule is N#Cc1ccc(NC(=O)C(O)(Cc2ccc(-c3ccc(C(F)(F)F)cc3)cc2)c2ccccc2)cc1Cl. The summed E-state index contributed by atoms with van der Waals surface area (Å²) in [5.41, 5.74) is 0.208. The Hall–Kier alpha value is -4.12. The first-order chi connectivity index (χ1) is 17.6. The van der Waals surface area contributed by atoms with E-state index in [4.69, 9.17) is 16.9 Å². The van der Waals surface area contributed by atoms with Crippen LogP contribution in [0.1, 0.15) is 22.3 Å². The number of nitrogens with one attached hydrogen (secondary N) is 1. The van der Waals surface area contributed by atoms with E-state index in [2.05, 4.69) is 5.32 Å². The van der Waals surface area contributed by atoms with Gasteiger partial charge < -0.3 is 10.4 Å². The van der Waals surface area contributed by atoms with Gasteiger partial charge in [0.05, 0.1) is 16.1 Å². The van der Waals surface area contributed by atoms with Crippen molar-refractivity contribution < 1.29 is 23.1 Å². The minimum absolute atomic E-state index is 0.0693. The number of halogens is 4. The van der Waals surface area contributed by atoms with Gasteiger partial charge in [-0.2, -0.15) is 18.4 Å². The molecular weight excluding hydrogens is 501 g/mol. The molecule has 0 aliphatic heterocycles. The molecule has 1 amide bonds. The van der Waals surface area contributed by atoms with Crippen molar-refractivity contribution in [2.45, 2.75) is 18.2 Å². The molecule has 4 aromatic rings.